The average Bonchev–Trinajstić information content (AvgIpc) is 2.98. The fourth-order valence-electron chi connectivity index (χ4n) is 1.75. The Morgan fingerprint density at radius 3 is 3.00 bits per heavy atom. The van der Waals surface area contributed by atoms with Crippen LogP contribution >= 0.6 is 0 Å². The van der Waals surface area contributed by atoms with Crippen molar-refractivity contribution < 1.29 is 4.79 Å². The predicted molar refractivity (Wildman–Crippen MR) is 66.1 cm³/mol. The van der Waals surface area contributed by atoms with Gasteiger partial charge in [0.2, 0.25) is 5.91 Å². The molecule has 0 spiro atoms. The predicted octanol–water partition coefficient (Wildman–Crippen LogP) is 1.07. The van der Waals surface area contributed by atoms with E-state index >= 15 is 0 Å². The number of hydrogen-bond donors (Lipinski definition) is 2. The number of aromatic nitrogens is 5. The minimum absolute atomic E-state index is 0.165. The first-order chi connectivity index (χ1) is 8.63. The summed E-state index contributed by atoms with van der Waals surface area (Å²) in [6.07, 6.45) is 3.73. The maximum atomic E-state index is 12.0. The minimum atomic E-state index is -0.422. The maximum absolute atomic E-state index is 12.0. The Kier molecular flexibility index (Phi) is 3.40. The molecule has 1 atom stereocenters. The molecule has 7 nitrogen and oxygen atoms in total. The van der Waals surface area contributed by atoms with E-state index in [4.69, 9.17) is 0 Å². The molecule has 0 bridgehead atoms. The van der Waals surface area contributed by atoms with Gasteiger partial charge < -0.3 is 5.32 Å². The van der Waals surface area contributed by atoms with Crippen LogP contribution in [0.5, 0.6) is 0 Å². The number of aromatic amines is 1. The quantitative estimate of drug-likeness (QED) is 0.847. The van der Waals surface area contributed by atoms with Gasteiger partial charge in [0.05, 0.1) is 0 Å². The van der Waals surface area contributed by atoms with Crippen LogP contribution in [-0.4, -0.2) is 30.9 Å². The number of nitrogens with one attached hydrogen (secondary N) is 2. The van der Waals surface area contributed by atoms with Gasteiger partial charge in [-0.25, -0.2) is 9.67 Å². The van der Waals surface area contributed by atoms with Gasteiger partial charge in [-0.2, -0.15) is 10.2 Å². The fraction of sp³-hybridized carbons (Fsp3) is 0.455. The van der Waals surface area contributed by atoms with Crippen molar-refractivity contribution in [3.8, 4) is 0 Å². The van der Waals surface area contributed by atoms with Crippen LogP contribution in [0.4, 0.5) is 5.82 Å². The molecule has 0 aliphatic rings. The van der Waals surface area contributed by atoms with Gasteiger partial charge in [0.1, 0.15) is 18.7 Å². The first kappa shape index (κ1) is 12.3. The lowest BCUT2D eigenvalue weighted by Gasteiger charge is -2.11. The van der Waals surface area contributed by atoms with Crippen LogP contribution in [0.2, 0.25) is 0 Å². The highest BCUT2D eigenvalue weighted by Crippen LogP contribution is 2.17. The van der Waals surface area contributed by atoms with E-state index in [1.165, 1.54) is 17.3 Å². The second kappa shape index (κ2) is 4.99. The molecule has 0 aromatic carbocycles. The van der Waals surface area contributed by atoms with Crippen LogP contribution in [0.1, 0.15) is 31.1 Å². The van der Waals surface area contributed by atoms with Gasteiger partial charge >= 0.3 is 0 Å². The summed E-state index contributed by atoms with van der Waals surface area (Å²) in [6, 6.07) is -0.422. The molecule has 0 aliphatic heterocycles. The second-order valence-corrected chi connectivity index (χ2v) is 4.07. The van der Waals surface area contributed by atoms with E-state index in [9.17, 15) is 4.79 Å². The van der Waals surface area contributed by atoms with Crippen molar-refractivity contribution in [3.63, 3.8) is 0 Å². The summed E-state index contributed by atoms with van der Waals surface area (Å²) in [5.41, 5.74) is 2.00. The minimum Gasteiger partial charge on any atom is -0.307 e. The summed E-state index contributed by atoms with van der Waals surface area (Å²) in [6.45, 7) is 5.71. The Balaban J connectivity index is 2.12. The lowest BCUT2D eigenvalue weighted by Crippen LogP contribution is -2.24. The molecule has 0 aliphatic carbocycles. The first-order valence-electron chi connectivity index (χ1n) is 5.82. The Morgan fingerprint density at radius 1 is 1.61 bits per heavy atom. The van der Waals surface area contributed by atoms with E-state index in [1.807, 2.05) is 13.8 Å². The maximum Gasteiger partial charge on any atom is 0.250 e. The third-order valence-corrected chi connectivity index (χ3v) is 2.88. The highest BCUT2D eigenvalue weighted by molar-refractivity contribution is 5.93. The molecule has 0 saturated carbocycles. The van der Waals surface area contributed by atoms with Gasteiger partial charge in [-0.1, -0.05) is 6.92 Å². The molecule has 7 heteroatoms. The lowest BCUT2D eigenvalue weighted by molar-refractivity contribution is -0.119. The van der Waals surface area contributed by atoms with Crippen LogP contribution in [-0.2, 0) is 11.2 Å². The molecular weight excluding hydrogens is 232 g/mol. The molecule has 2 N–H and O–H groups in total. The fourth-order valence-corrected chi connectivity index (χ4v) is 1.75. The molecule has 1 amide bonds. The Labute approximate surface area is 105 Å². The zero-order valence-electron chi connectivity index (χ0n) is 10.6. The number of rotatable bonds is 4. The van der Waals surface area contributed by atoms with Crippen molar-refractivity contribution in [1.82, 2.24) is 25.0 Å². The highest BCUT2D eigenvalue weighted by Gasteiger charge is 2.18. The van der Waals surface area contributed by atoms with E-state index in [1.54, 1.807) is 6.92 Å². The van der Waals surface area contributed by atoms with E-state index in [-0.39, 0.29) is 5.91 Å². The highest BCUT2D eigenvalue weighted by atomic mass is 16.2. The zero-order valence-corrected chi connectivity index (χ0v) is 10.6. The monoisotopic (exact) mass is 248 g/mol. The van der Waals surface area contributed by atoms with Crippen molar-refractivity contribution in [2.45, 2.75) is 33.2 Å². The molecule has 2 rings (SSSR count). The van der Waals surface area contributed by atoms with E-state index in [2.05, 4.69) is 25.6 Å². The third-order valence-electron chi connectivity index (χ3n) is 2.88. The normalized spacial score (nSPS) is 12.4. The van der Waals surface area contributed by atoms with Gasteiger partial charge in [0.15, 0.2) is 5.82 Å². The molecule has 2 heterocycles. The summed E-state index contributed by atoms with van der Waals surface area (Å²) in [7, 11) is 0. The van der Waals surface area contributed by atoms with E-state index < -0.39 is 6.04 Å². The summed E-state index contributed by atoms with van der Waals surface area (Å²) >= 11 is 0. The second-order valence-electron chi connectivity index (χ2n) is 4.07. The van der Waals surface area contributed by atoms with Crippen molar-refractivity contribution in [3.05, 3.63) is 23.9 Å². The van der Waals surface area contributed by atoms with E-state index in [0.29, 0.717) is 5.82 Å². The summed E-state index contributed by atoms with van der Waals surface area (Å²) < 4.78 is 1.50. The molecular formula is C11H16N6O. The summed E-state index contributed by atoms with van der Waals surface area (Å²) in [4.78, 5) is 15.9. The molecule has 0 fully saturated rings. The van der Waals surface area contributed by atoms with Gasteiger partial charge in [-0.05, 0) is 20.3 Å². The number of hydrogen-bond acceptors (Lipinski definition) is 4. The lowest BCUT2D eigenvalue weighted by atomic mass is 10.2. The van der Waals surface area contributed by atoms with Crippen LogP contribution in [0.3, 0.4) is 0 Å². The molecule has 1 unspecified atom stereocenters. The smallest absolute Gasteiger partial charge is 0.250 e. The molecule has 0 radical (unpaired) electrons. The Morgan fingerprint density at radius 2 is 2.39 bits per heavy atom. The van der Waals surface area contributed by atoms with Crippen LogP contribution < -0.4 is 5.32 Å². The molecule has 2 aromatic rings. The molecule has 96 valence electrons. The van der Waals surface area contributed by atoms with Crippen LogP contribution in [0.15, 0.2) is 12.7 Å². The average molecular weight is 248 g/mol. The van der Waals surface area contributed by atoms with Crippen molar-refractivity contribution >= 4 is 11.7 Å². The molecule has 0 saturated heterocycles. The van der Waals surface area contributed by atoms with Gasteiger partial charge in [-0.3, -0.25) is 9.89 Å². The van der Waals surface area contributed by atoms with Crippen molar-refractivity contribution in [2.24, 2.45) is 0 Å². The summed E-state index contributed by atoms with van der Waals surface area (Å²) in [5, 5.41) is 13.7. The largest absolute Gasteiger partial charge is 0.307 e. The number of amides is 1. The standard InChI is InChI=1S/C11H16N6O/c1-4-9-7(2)15-16-10(9)14-11(18)8(3)17-6-12-5-13-17/h5-6,8H,4H2,1-3H3,(H2,14,15,16,18). The van der Waals surface area contributed by atoms with Gasteiger partial charge in [0.25, 0.3) is 0 Å². The number of nitrogens with zero attached hydrogens (tertiary/aromatic N) is 4. The molecule has 2 aromatic heterocycles. The van der Waals surface area contributed by atoms with Gasteiger partial charge in [0, 0.05) is 11.3 Å². The van der Waals surface area contributed by atoms with Crippen LogP contribution in [0.25, 0.3) is 0 Å². The topological polar surface area (TPSA) is 88.5 Å². The summed E-state index contributed by atoms with van der Waals surface area (Å²) in [5.74, 6) is 0.425. The number of anilines is 1. The Bertz CT molecular complexity index is 530. The SMILES string of the molecule is CCc1c(NC(=O)C(C)n2cncn2)n[nH]c1C. The number of carbonyl (C=O) groups excluding carboxylic acids is 1. The van der Waals surface area contributed by atoms with Crippen molar-refractivity contribution in [2.75, 3.05) is 5.32 Å². The zero-order chi connectivity index (χ0) is 13.1. The first-order valence-corrected chi connectivity index (χ1v) is 5.82. The number of aryl methyl sites for hydroxylation is 1. The van der Waals surface area contributed by atoms with Crippen LogP contribution in [0, 0.1) is 6.92 Å². The number of H-pyrrole nitrogens is 1. The van der Waals surface area contributed by atoms with Crippen molar-refractivity contribution in [1.29, 1.82) is 0 Å². The Hall–Kier alpha value is -2.18. The molecule has 18 heavy (non-hydrogen) atoms. The van der Waals surface area contributed by atoms with Gasteiger partial charge in [-0.15, -0.1) is 0 Å². The third kappa shape index (κ3) is 2.24. The number of carbonyl (C=O) groups is 1. The van der Waals surface area contributed by atoms with E-state index in [0.717, 1.165) is 17.7 Å².